The first-order valence-corrected chi connectivity index (χ1v) is 9.43. The molecule has 2 N–H and O–H groups in total. The molecule has 2 amide bonds. The van der Waals surface area contributed by atoms with E-state index in [0.717, 1.165) is 0 Å². The Balaban J connectivity index is 1.89. The van der Waals surface area contributed by atoms with Crippen LogP contribution in [-0.4, -0.2) is 22.6 Å². The highest BCUT2D eigenvalue weighted by molar-refractivity contribution is 6.32. The fourth-order valence-corrected chi connectivity index (χ4v) is 2.78. The van der Waals surface area contributed by atoms with Crippen molar-refractivity contribution in [3.8, 4) is 0 Å². The molecule has 0 atom stereocenters. The summed E-state index contributed by atoms with van der Waals surface area (Å²) in [6.07, 6.45) is 2.90. The molecule has 2 aromatic carbocycles. The molecule has 0 aliphatic heterocycles. The van der Waals surface area contributed by atoms with Gasteiger partial charge in [-0.3, -0.25) is 14.4 Å². The number of hydrogen-bond acceptors (Lipinski definition) is 4. The van der Waals surface area contributed by atoms with E-state index in [1.54, 1.807) is 60.7 Å². The lowest BCUT2D eigenvalue weighted by Gasteiger charge is -2.11. The van der Waals surface area contributed by atoms with Crippen molar-refractivity contribution in [2.75, 3.05) is 10.6 Å². The van der Waals surface area contributed by atoms with Gasteiger partial charge in [-0.1, -0.05) is 35.9 Å². The highest BCUT2D eigenvalue weighted by Gasteiger charge is 2.20. The maximum atomic E-state index is 12.9. The smallest absolute Gasteiger partial charge is 0.261 e. The number of carbonyl (C=O) groups is 3. The molecule has 0 radical (unpaired) electrons. The fraction of sp³-hybridized carbons (Fsp3) is 0.0435. The second kappa shape index (κ2) is 9.62. The second-order valence-corrected chi connectivity index (χ2v) is 6.71. The average molecular weight is 420 g/mol. The Labute approximate surface area is 178 Å². The Kier molecular flexibility index (Phi) is 6.72. The number of nitrogens with zero attached hydrogens (tertiary/aromatic N) is 1. The van der Waals surface area contributed by atoms with E-state index in [9.17, 15) is 14.4 Å². The van der Waals surface area contributed by atoms with Crippen LogP contribution >= 0.6 is 11.6 Å². The van der Waals surface area contributed by atoms with Crippen LogP contribution < -0.4 is 10.6 Å². The number of nitrogens with one attached hydrogen (secondary N) is 2. The minimum Gasteiger partial charge on any atom is -0.322 e. The Hall–Kier alpha value is -3.77. The van der Waals surface area contributed by atoms with Crippen molar-refractivity contribution in [2.45, 2.75) is 6.92 Å². The van der Waals surface area contributed by atoms with Crippen molar-refractivity contribution < 1.29 is 14.4 Å². The van der Waals surface area contributed by atoms with Gasteiger partial charge in [-0.15, -0.1) is 0 Å². The van der Waals surface area contributed by atoms with Crippen LogP contribution in [0.25, 0.3) is 6.08 Å². The number of pyridine rings is 1. The standard InChI is InChI=1S/C23H18ClN3O3/c1-15(28)16-9-11-19(12-10-16)27-23(30)20(14-17-6-5-13-25-21(17)24)22(29)26-18-7-3-2-4-8-18/h2-14H,1H3,(H,26,29)(H,27,30)/b20-14-. The topological polar surface area (TPSA) is 88.2 Å². The predicted molar refractivity (Wildman–Crippen MR) is 117 cm³/mol. The Morgan fingerprint density at radius 2 is 1.43 bits per heavy atom. The van der Waals surface area contributed by atoms with Crippen molar-refractivity contribution >= 4 is 46.6 Å². The van der Waals surface area contributed by atoms with Crippen LogP contribution in [-0.2, 0) is 9.59 Å². The van der Waals surface area contributed by atoms with Gasteiger partial charge >= 0.3 is 0 Å². The molecule has 30 heavy (non-hydrogen) atoms. The molecule has 3 rings (SSSR count). The SMILES string of the molecule is CC(=O)c1ccc(NC(=O)/C(=C\c2cccnc2Cl)C(=O)Nc2ccccc2)cc1. The number of aromatic nitrogens is 1. The molecule has 0 unspecified atom stereocenters. The van der Waals surface area contributed by atoms with Crippen molar-refractivity contribution in [1.29, 1.82) is 0 Å². The number of anilines is 2. The summed E-state index contributed by atoms with van der Waals surface area (Å²) in [6, 6.07) is 18.5. The van der Waals surface area contributed by atoms with Crippen molar-refractivity contribution in [3.05, 3.63) is 94.8 Å². The summed E-state index contributed by atoms with van der Waals surface area (Å²) < 4.78 is 0. The molecule has 3 aromatic rings. The second-order valence-electron chi connectivity index (χ2n) is 6.35. The number of benzene rings is 2. The van der Waals surface area contributed by atoms with Crippen molar-refractivity contribution in [3.63, 3.8) is 0 Å². The predicted octanol–water partition coefficient (Wildman–Crippen LogP) is 4.60. The molecule has 0 aliphatic rings. The normalized spacial score (nSPS) is 10.9. The van der Waals surface area contributed by atoms with E-state index in [4.69, 9.17) is 11.6 Å². The van der Waals surface area contributed by atoms with Gasteiger partial charge in [0.05, 0.1) is 0 Å². The summed E-state index contributed by atoms with van der Waals surface area (Å²) in [7, 11) is 0. The van der Waals surface area contributed by atoms with E-state index in [1.165, 1.54) is 19.2 Å². The molecule has 6 nitrogen and oxygen atoms in total. The largest absolute Gasteiger partial charge is 0.322 e. The van der Waals surface area contributed by atoms with E-state index >= 15 is 0 Å². The van der Waals surface area contributed by atoms with Crippen molar-refractivity contribution in [2.24, 2.45) is 0 Å². The first kappa shape index (κ1) is 21.0. The maximum absolute atomic E-state index is 12.9. The van der Waals surface area contributed by atoms with Crippen LogP contribution in [0.4, 0.5) is 11.4 Å². The van der Waals surface area contributed by atoms with E-state index in [0.29, 0.717) is 22.5 Å². The molecule has 7 heteroatoms. The number of Topliss-reactive ketones (excluding diaryl/α,β-unsaturated/α-hetero) is 1. The number of carbonyl (C=O) groups excluding carboxylic acids is 3. The monoisotopic (exact) mass is 419 g/mol. The van der Waals surface area contributed by atoms with Crippen LogP contribution in [0.1, 0.15) is 22.8 Å². The van der Waals surface area contributed by atoms with Gasteiger partial charge in [0.15, 0.2) is 5.78 Å². The third kappa shape index (κ3) is 5.40. The molecule has 150 valence electrons. The van der Waals surface area contributed by atoms with Gasteiger partial charge in [-0.05, 0) is 55.5 Å². The lowest BCUT2D eigenvalue weighted by molar-refractivity contribution is -0.118. The molecule has 0 spiro atoms. The lowest BCUT2D eigenvalue weighted by Crippen LogP contribution is -2.25. The summed E-state index contributed by atoms with van der Waals surface area (Å²) in [4.78, 5) is 41.2. The molecular weight excluding hydrogens is 402 g/mol. The minimum absolute atomic E-state index is 0.0816. The number of amides is 2. The zero-order valence-corrected chi connectivity index (χ0v) is 16.8. The highest BCUT2D eigenvalue weighted by Crippen LogP contribution is 2.19. The van der Waals surface area contributed by atoms with Gasteiger partial charge in [0, 0.05) is 28.7 Å². The van der Waals surface area contributed by atoms with Crippen LogP contribution in [0.15, 0.2) is 78.5 Å². The van der Waals surface area contributed by atoms with E-state index in [-0.39, 0.29) is 16.5 Å². The van der Waals surface area contributed by atoms with Crippen molar-refractivity contribution in [1.82, 2.24) is 4.98 Å². The number of para-hydroxylation sites is 1. The third-order valence-corrected chi connectivity index (χ3v) is 4.47. The van der Waals surface area contributed by atoms with E-state index in [2.05, 4.69) is 15.6 Å². The lowest BCUT2D eigenvalue weighted by atomic mass is 10.1. The molecular formula is C23H18ClN3O3. The molecule has 0 bridgehead atoms. The summed E-state index contributed by atoms with van der Waals surface area (Å²) in [6.45, 7) is 1.46. The van der Waals surface area contributed by atoms with Gasteiger partial charge in [0.2, 0.25) is 0 Å². The number of ketones is 1. The van der Waals surface area contributed by atoms with Crippen LogP contribution in [0.2, 0.25) is 5.15 Å². The molecule has 0 saturated carbocycles. The first-order valence-electron chi connectivity index (χ1n) is 9.05. The van der Waals surface area contributed by atoms with Crippen LogP contribution in [0, 0.1) is 0 Å². The first-order chi connectivity index (χ1) is 14.4. The van der Waals surface area contributed by atoms with E-state index in [1.807, 2.05) is 6.07 Å². The zero-order chi connectivity index (χ0) is 21.5. The quantitative estimate of drug-likeness (QED) is 0.201. The Morgan fingerprint density at radius 3 is 2.00 bits per heavy atom. The van der Waals surface area contributed by atoms with Gasteiger partial charge in [0.25, 0.3) is 11.8 Å². The fourth-order valence-electron chi connectivity index (χ4n) is 2.60. The molecule has 0 fully saturated rings. The average Bonchev–Trinajstić information content (AvgIpc) is 2.74. The number of halogens is 1. The molecule has 1 heterocycles. The minimum atomic E-state index is -0.626. The Morgan fingerprint density at radius 1 is 0.833 bits per heavy atom. The molecule has 0 aliphatic carbocycles. The van der Waals surface area contributed by atoms with Gasteiger partial charge < -0.3 is 10.6 Å². The maximum Gasteiger partial charge on any atom is 0.261 e. The molecule has 0 saturated heterocycles. The highest BCUT2D eigenvalue weighted by atomic mass is 35.5. The van der Waals surface area contributed by atoms with Crippen LogP contribution in [0.5, 0.6) is 0 Å². The van der Waals surface area contributed by atoms with Crippen LogP contribution in [0.3, 0.4) is 0 Å². The summed E-state index contributed by atoms with van der Waals surface area (Å²) in [5.74, 6) is -1.31. The summed E-state index contributed by atoms with van der Waals surface area (Å²) in [5, 5.41) is 5.54. The Bertz CT molecular complexity index is 1110. The zero-order valence-electron chi connectivity index (χ0n) is 16.1. The van der Waals surface area contributed by atoms with Gasteiger partial charge in [-0.2, -0.15) is 0 Å². The summed E-state index contributed by atoms with van der Waals surface area (Å²) in [5.41, 5.74) is 1.79. The van der Waals surface area contributed by atoms with Gasteiger partial charge in [-0.25, -0.2) is 4.98 Å². The number of rotatable bonds is 6. The summed E-state index contributed by atoms with van der Waals surface area (Å²) >= 11 is 6.09. The van der Waals surface area contributed by atoms with E-state index < -0.39 is 11.8 Å². The number of hydrogen-bond donors (Lipinski definition) is 2. The third-order valence-electron chi connectivity index (χ3n) is 4.16. The molecule has 1 aromatic heterocycles. The van der Waals surface area contributed by atoms with Gasteiger partial charge in [0.1, 0.15) is 10.7 Å².